The lowest BCUT2D eigenvalue weighted by Gasteiger charge is -2.25. The van der Waals surface area contributed by atoms with Crippen LogP contribution in [0.1, 0.15) is 32.0 Å². The summed E-state index contributed by atoms with van der Waals surface area (Å²) in [6.45, 7) is 4.79. The standard InChI is InChI=1S/C16H24N4O/c1-12-19-13-8-4-5-9-14(13)20(12)11-7-6-10-16(2,18-3)15(17)21/h4-5,8-9,18H,6-7,10-11H2,1-3H3,(H2,17,21). The first kappa shape index (κ1) is 15.5. The highest BCUT2D eigenvalue weighted by Crippen LogP contribution is 2.18. The number of benzene rings is 1. The molecule has 1 amide bonds. The fourth-order valence-corrected chi connectivity index (χ4v) is 2.60. The zero-order valence-electron chi connectivity index (χ0n) is 13.0. The Morgan fingerprint density at radius 2 is 2.10 bits per heavy atom. The Hall–Kier alpha value is -1.88. The van der Waals surface area contributed by atoms with Crippen LogP contribution in [0.2, 0.25) is 0 Å². The van der Waals surface area contributed by atoms with Gasteiger partial charge in [-0.2, -0.15) is 0 Å². The number of likely N-dealkylation sites (N-methyl/N-ethyl adjacent to an activating group) is 1. The summed E-state index contributed by atoms with van der Waals surface area (Å²) < 4.78 is 2.23. The topological polar surface area (TPSA) is 72.9 Å². The number of nitrogens with one attached hydrogen (secondary N) is 1. The van der Waals surface area contributed by atoms with Gasteiger partial charge in [0.25, 0.3) is 0 Å². The summed E-state index contributed by atoms with van der Waals surface area (Å²) in [5, 5.41) is 3.02. The Balaban J connectivity index is 1.97. The van der Waals surface area contributed by atoms with Gasteiger partial charge < -0.3 is 15.6 Å². The summed E-state index contributed by atoms with van der Waals surface area (Å²) in [6, 6.07) is 8.16. The van der Waals surface area contributed by atoms with Crippen molar-refractivity contribution in [1.82, 2.24) is 14.9 Å². The van der Waals surface area contributed by atoms with Gasteiger partial charge in [-0.3, -0.25) is 4.79 Å². The third-order valence-electron chi connectivity index (χ3n) is 4.25. The fourth-order valence-electron chi connectivity index (χ4n) is 2.60. The van der Waals surface area contributed by atoms with E-state index in [9.17, 15) is 4.79 Å². The van der Waals surface area contributed by atoms with Gasteiger partial charge in [0.15, 0.2) is 0 Å². The molecule has 114 valence electrons. The second kappa shape index (κ2) is 6.26. The first-order chi connectivity index (χ1) is 9.98. The number of primary amides is 1. The quantitative estimate of drug-likeness (QED) is 0.765. The van der Waals surface area contributed by atoms with Crippen molar-refractivity contribution in [3.8, 4) is 0 Å². The number of hydrogen-bond acceptors (Lipinski definition) is 3. The van der Waals surface area contributed by atoms with E-state index in [1.54, 1.807) is 7.05 Å². The van der Waals surface area contributed by atoms with Gasteiger partial charge in [-0.15, -0.1) is 0 Å². The number of aryl methyl sites for hydroxylation is 2. The number of imidazole rings is 1. The van der Waals surface area contributed by atoms with Crippen LogP contribution in [0, 0.1) is 6.92 Å². The van der Waals surface area contributed by atoms with Crippen molar-refractivity contribution in [2.24, 2.45) is 5.73 Å². The van der Waals surface area contributed by atoms with Crippen molar-refractivity contribution in [2.45, 2.75) is 45.2 Å². The third kappa shape index (κ3) is 3.24. The Labute approximate surface area is 125 Å². The summed E-state index contributed by atoms with van der Waals surface area (Å²) in [7, 11) is 1.78. The molecule has 2 rings (SSSR count). The maximum Gasteiger partial charge on any atom is 0.237 e. The van der Waals surface area contributed by atoms with Crippen molar-refractivity contribution in [3.05, 3.63) is 30.1 Å². The fraction of sp³-hybridized carbons (Fsp3) is 0.500. The monoisotopic (exact) mass is 288 g/mol. The molecule has 0 aliphatic carbocycles. The Morgan fingerprint density at radius 1 is 1.38 bits per heavy atom. The molecule has 5 nitrogen and oxygen atoms in total. The minimum absolute atomic E-state index is 0.297. The number of nitrogens with two attached hydrogens (primary N) is 1. The number of rotatable bonds is 7. The van der Waals surface area contributed by atoms with Crippen LogP contribution in [0.25, 0.3) is 11.0 Å². The Morgan fingerprint density at radius 3 is 2.76 bits per heavy atom. The van der Waals surface area contributed by atoms with Gasteiger partial charge in [0, 0.05) is 6.54 Å². The second-order valence-electron chi connectivity index (χ2n) is 5.70. The first-order valence-electron chi connectivity index (χ1n) is 7.38. The highest BCUT2D eigenvalue weighted by atomic mass is 16.1. The van der Waals surface area contributed by atoms with Crippen LogP contribution < -0.4 is 11.1 Å². The van der Waals surface area contributed by atoms with Crippen molar-refractivity contribution >= 4 is 16.9 Å². The van der Waals surface area contributed by atoms with E-state index >= 15 is 0 Å². The zero-order chi connectivity index (χ0) is 15.5. The number of para-hydroxylation sites is 2. The smallest absolute Gasteiger partial charge is 0.237 e. The van der Waals surface area contributed by atoms with E-state index in [4.69, 9.17) is 5.73 Å². The number of carbonyl (C=O) groups is 1. The van der Waals surface area contributed by atoms with E-state index < -0.39 is 5.54 Å². The largest absolute Gasteiger partial charge is 0.368 e. The lowest BCUT2D eigenvalue weighted by molar-refractivity contribution is -0.123. The average Bonchev–Trinajstić information content (AvgIpc) is 2.79. The van der Waals surface area contributed by atoms with Crippen LogP contribution in [0.4, 0.5) is 0 Å². The molecule has 1 aromatic heterocycles. The molecule has 0 aliphatic rings. The predicted octanol–water partition coefficient (Wildman–Crippen LogP) is 1.98. The van der Waals surface area contributed by atoms with E-state index in [-0.39, 0.29) is 5.91 Å². The lowest BCUT2D eigenvalue weighted by atomic mass is 9.94. The van der Waals surface area contributed by atoms with E-state index in [0.717, 1.165) is 37.1 Å². The minimum atomic E-state index is -0.619. The molecule has 0 saturated carbocycles. The van der Waals surface area contributed by atoms with Crippen LogP contribution in [-0.2, 0) is 11.3 Å². The van der Waals surface area contributed by atoms with Crippen LogP contribution in [0.15, 0.2) is 24.3 Å². The minimum Gasteiger partial charge on any atom is -0.368 e. The number of aromatic nitrogens is 2. The van der Waals surface area contributed by atoms with E-state index in [0.29, 0.717) is 0 Å². The van der Waals surface area contributed by atoms with Crippen LogP contribution in [0.3, 0.4) is 0 Å². The summed E-state index contributed by atoms with van der Waals surface area (Å²) >= 11 is 0. The van der Waals surface area contributed by atoms with E-state index in [1.165, 1.54) is 5.52 Å². The molecule has 0 aliphatic heterocycles. The van der Waals surface area contributed by atoms with Gasteiger partial charge >= 0.3 is 0 Å². The molecule has 1 aromatic carbocycles. The van der Waals surface area contributed by atoms with Crippen molar-refractivity contribution in [3.63, 3.8) is 0 Å². The Kier molecular flexibility index (Phi) is 4.63. The molecular formula is C16H24N4O. The zero-order valence-corrected chi connectivity index (χ0v) is 13.0. The van der Waals surface area contributed by atoms with Crippen molar-refractivity contribution in [1.29, 1.82) is 0 Å². The molecule has 0 spiro atoms. The van der Waals surface area contributed by atoms with E-state index in [2.05, 4.69) is 20.9 Å². The first-order valence-corrected chi connectivity index (χ1v) is 7.38. The summed E-state index contributed by atoms with van der Waals surface area (Å²) in [5.41, 5.74) is 7.02. The maximum atomic E-state index is 11.4. The van der Waals surface area contributed by atoms with Crippen LogP contribution >= 0.6 is 0 Å². The molecular weight excluding hydrogens is 264 g/mol. The molecule has 0 fully saturated rings. The molecule has 1 heterocycles. The van der Waals surface area contributed by atoms with Crippen molar-refractivity contribution in [2.75, 3.05) is 7.05 Å². The lowest BCUT2D eigenvalue weighted by Crippen LogP contribution is -2.51. The van der Waals surface area contributed by atoms with E-state index in [1.807, 2.05) is 32.0 Å². The van der Waals surface area contributed by atoms with Crippen molar-refractivity contribution < 1.29 is 4.79 Å². The van der Waals surface area contributed by atoms with Gasteiger partial charge in [0.2, 0.25) is 5.91 Å². The molecule has 2 aromatic rings. The predicted molar refractivity (Wildman–Crippen MR) is 85.0 cm³/mol. The maximum absolute atomic E-state index is 11.4. The molecule has 1 unspecified atom stereocenters. The van der Waals surface area contributed by atoms with Gasteiger partial charge in [0.1, 0.15) is 5.82 Å². The van der Waals surface area contributed by atoms with Gasteiger partial charge in [-0.25, -0.2) is 4.98 Å². The third-order valence-corrected chi connectivity index (χ3v) is 4.25. The highest BCUT2D eigenvalue weighted by Gasteiger charge is 2.27. The molecule has 0 saturated heterocycles. The number of nitrogens with zero attached hydrogens (tertiary/aromatic N) is 2. The number of unbranched alkanes of at least 4 members (excludes halogenated alkanes) is 1. The number of fused-ring (bicyclic) bond motifs is 1. The summed E-state index contributed by atoms with van der Waals surface area (Å²) in [4.78, 5) is 16.0. The molecule has 3 N–H and O–H groups in total. The van der Waals surface area contributed by atoms with Gasteiger partial charge in [0.05, 0.1) is 16.6 Å². The van der Waals surface area contributed by atoms with Gasteiger partial charge in [-0.05, 0) is 52.3 Å². The summed E-state index contributed by atoms with van der Waals surface area (Å²) in [6.07, 6.45) is 2.67. The number of amides is 1. The van der Waals surface area contributed by atoms with Crippen LogP contribution in [0.5, 0.6) is 0 Å². The summed E-state index contributed by atoms with van der Waals surface area (Å²) in [5.74, 6) is 0.733. The second-order valence-corrected chi connectivity index (χ2v) is 5.70. The van der Waals surface area contributed by atoms with Gasteiger partial charge in [-0.1, -0.05) is 12.1 Å². The molecule has 0 radical (unpaired) electrons. The highest BCUT2D eigenvalue weighted by molar-refractivity contribution is 5.84. The molecule has 5 heteroatoms. The average molecular weight is 288 g/mol. The molecule has 21 heavy (non-hydrogen) atoms. The normalized spacial score (nSPS) is 14.2. The molecule has 1 atom stereocenters. The van der Waals surface area contributed by atoms with Crippen LogP contribution in [-0.4, -0.2) is 28.0 Å². The number of carbonyl (C=O) groups excluding carboxylic acids is 1. The number of hydrogen-bond donors (Lipinski definition) is 2. The molecule has 0 bridgehead atoms. The SMILES string of the molecule is CNC(C)(CCCCn1c(C)nc2ccccc21)C(N)=O. The Bertz CT molecular complexity index is 634.